The Kier molecular flexibility index (Phi) is 4.76. The van der Waals surface area contributed by atoms with Crippen molar-refractivity contribution in [2.75, 3.05) is 6.61 Å². The smallest absolute Gasteiger partial charge is 0.181 e. The van der Waals surface area contributed by atoms with Gasteiger partial charge in [-0.05, 0) is 20.8 Å². The predicted molar refractivity (Wildman–Crippen MR) is 93.4 cm³/mol. The van der Waals surface area contributed by atoms with Crippen LogP contribution < -0.4 is 0 Å². The summed E-state index contributed by atoms with van der Waals surface area (Å²) in [5, 5.41) is 18.3. The van der Waals surface area contributed by atoms with E-state index in [9.17, 15) is 9.90 Å². The maximum absolute atomic E-state index is 11.8. The maximum atomic E-state index is 11.8. The second kappa shape index (κ2) is 6.98. The molecule has 0 aliphatic heterocycles. The number of aryl methyl sites for hydroxylation is 1. The van der Waals surface area contributed by atoms with E-state index in [2.05, 4.69) is 15.2 Å². The minimum atomic E-state index is -0.0274. The zero-order valence-corrected chi connectivity index (χ0v) is 14.6. The summed E-state index contributed by atoms with van der Waals surface area (Å²) in [6.45, 7) is 5.97. The molecule has 0 atom stereocenters. The second-order valence-electron chi connectivity index (χ2n) is 5.92. The molecule has 0 radical (unpaired) electrons. The molecule has 0 saturated carbocycles. The van der Waals surface area contributed by atoms with Crippen LogP contribution in [0.5, 0.6) is 0 Å². The fourth-order valence-corrected chi connectivity index (χ4v) is 2.97. The van der Waals surface area contributed by atoms with Gasteiger partial charge in [-0.25, -0.2) is 9.67 Å². The van der Waals surface area contributed by atoms with E-state index in [1.54, 1.807) is 16.3 Å². The van der Waals surface area contributed by atoms with Crippen LogP contribution in [-0.4, -0.2) is 42.0 Å². The summed E-state index contributed by atoms with van der Waals surface area (Å²) >= 11 is 0. The summed E-state index contributed by atoms with van der Waals surface area (Å²) in [4.78, 5) is 16.4. The number of aliphatic hydroxyl groups is 1. The van der Waals surface area contributed by atoms with Gasteiger partial charge in [0, 0.05) is 11.3 Å². The summed E-state index contributed by atoms with van der Waals surface area (Å²) in [7, 11) is 0. The quantitative estimate of drug-likeness (QED) is 0.694. The van der Waals surface area contributed by atoms with Gasteiger partial charge in [0.15, 0.2) is 11.6 Å². The van der Waals surface area contributed by atoms with Gasteiger partial charge in [-0.15, -0.1) is 0 Å². The molecular formula is C18H21N5O2. The number of carbonyl (C=O) groups is 1. The number of hydrogen-bond donors (Lipinski definition) is 1. The van der Waals surface area contributed by atoms with Crippen LogP contribution in [0.4, 0.5) is 0 Å². The van der Waals surface area contributed by atoms with E-state index >= 15 is 0 Å². The van der Waals surface area contributed by atoms with E-state index in [1.165, 1.54) is 0 Å². The number of hydrogen-bond acceptors (Lipinski definition) is 5. The zero-order chi connectivity index (χ0) is 18.0. The van der Waals surface area contributed by atoms with E-state index < -0.39 is 0 Å². The Morgan fingerprint density at radius 1 is 1.12 bits per heavy atom. The first-order chi connectivity index (χ1) is 12.0. The van der Waals surface area contributed by atoms with Crippen LogP contribution in [0.3, 0.4) is 0 Å². The third-order valence-corrected chi connectivity index (χ3v) is 4.12. The molecule has 0 spiro atoms. The number of aromatic nitrogens is 5. The average molecular weight is 339 g/mol. The summed E-state index contributed by atoms with van der Waals surface area (Å²) in [5.41, 5.74) is 3.08. The highest BCUT2D eigenvalue weighted by atomic mass is 16.3. The monoisotopic (exact) mass is 339 g/mol. The normalized spacial score (nSPS) is 11.0. The van der Waals surface area contributed by atoms with Crippen molar-refractivity contribution in [3.8, 4) is 11.4 Å². The molecule has 0 unspecified atom stereocenters. The standard InChI is InChI=1S/C18H21N5O2/c1-12-17(14(3)25)13(2)23(20-12)11-16-19-18(21-22(16)9-10-24)15-7-5-4-6-8-15/h4-8,24H,9-11H2,1-3H3. The first-order valence-corrected chi connectivity index (χ1v) is 8.16. The SMILES string of the molecule is CC(=O)c1c(C)nn(Cc2nc(-c3ccccc3)nn2CCO)c1C. The van der Waals surface area contributed by atoms with Crippen molar-refractivity contribution in [1.82, 2.24) is 24.5 Å². The van der Waals surface area contributed by atoms with Crippen molar-refractivity contribution in [2.45, 2.75) is 33.9 Å². The van der Waals surface area contributed by atoms with Crippen LogP contribution in [0.2, 0.25) is 0 Å². The van der Waals surface area contributed by atoms with Crippen LogP contribution in [-0.2, 0) is 13.1 Å². The number of carbonyl (C=O) groups excluding carboxylic acids is 1. The summed E-state index contributed by atoms with van der Waals surface area (Å²) in [6, 6.07) is 9.69. The van der Waals surface area contributed by atoms with E-state index in [1.807, 2.05) is 44.2 Å². The van der Waals surface area contributed by atoms with Crippen LogP contribution >= 0.6 is 0 Å². The van der Waals surface area contributed by atoms with E-state index in [4.69, 9.17) is 0 Å². The number of rotatable bonds is 6. The predicted octanol–water partition coefficient (Wildman–Crippen LogP) is 2.00. The second-order valence-corrected chi connectivity index (χ2v) is 5.92. The molecule has 25 heavy (non-hydrogen) atoms. The van der Waals surface area contributed by atoms with Crippen molar-refractivity contribution in [3.05, 3.63) is 53.1 Å². The van der Waals surface area contributed by atoms with Crippen molar-refractivity contribution in [1.29, 1.82) is 0 Å². The van der Waals surface area contributed by atoms with Gasteiger partial charge in [-0.1, -0.05) is 30.3 Å². The Labute approximate surface area is 145 Å². The van der Waals surface area contributed by atoms with Gasteiger partial charge >= 0.3 is 0 Å². The van der Waals surface area contributed by atoms with E-state index in [-0.39, 0.29) is 12.4 Å². The highest BCUT2D eigenvalue weighted by Gasteiger charge is 2.18. The van der Waals surface area contributed by atoms with E-state index in [0.717, 1.165) is 11.3 Å². The average Bonchev–Trinajstić information content (AvgIpc) is 3.10. The van der Waals surface area contributed by atoms with Gasteiger partial charge in [-0.3, -0.25) is 9.48 Å². The first-order valence-electron chi connectivity index (χ1n) is 8.16. The molecule has 7 nitrogen and oxygen atoms in total. The maximum Gasteiger partial charge on any atom is 0.181 e. The third-order valence-electron chi connectivity index (χ3n) is 4.12. The van der Waals surface area contributed by atoms with Crippen LogP contribution in [0, 0.1) is 13.8 Å². The molecule has 1 N–H and O–H groups in total. The third kappa shape index (κ3) is 3.36. The molecule has 130 valence electrons. The highest BCUT2D eigenvalue weighted by Crippen LogP contribution is 2.18. The van der Waals surface area contributed by atoms with Gasteiger partial charge in [0.1, 0.15) is 12.4 Å². The zero-order valence-electron chi connectivity index (χ0n) is 14.6. The number of benzene rings is 1. The highest BCUT2D eigenvalue weighted by molar-refractivity contribution is 5.96. The number of ketones is 1. The number of nitrogens with zero attached hydrogens (tertiary/aromatic N) is 5. The molecule has 0 saturated heterocycles. The molecule has 2 aromatic heterocycles. The Hall–Kier alpha value is -2.80. The Morgan fingerprint density at radius 3 is 2.44 bits per heavy atom. The topological polar surface area (TPSA) is 85.8 Å². The molecule has 0 amide bonds. The minimum absolute atomic E-state index is 0.00282. The van der Waals surface area contributed by atoms with E-state index in [0.29, 0.717) is 36.0 Å². The molecule has 0 aliphatic carbocycles. The van der Waals surface area contributed by atoms with Gasteiger partial charge in [-0.2, -0.15) is 10.2 Å². The molecule has 0 fully saturated rings. The molecule has 1 aromatic carbocycles. The lowest BCUT2D eigenvalue weighted by Crippen LogP contribution is -2.14. The van der Waals surface area contributed by atoms with Crippen molar-refractivity contribution in [2.24, 2.45) is 0 Å². The lowest BCUT2D eigenvalue weighted by atomic mass is 10.1. The fourth-order valence-electron chi connectivity index (χ4n) is 2.97. The minimum Gasteiger partial charge on any atom is -0.394 e. The van der Waals surface area contributed by atoms with Gasteiger partial charge in [0.25, 0.3) is 0 Å². The molecule has 3 aromatic rings. The van der Waals surface area contributed by atoms with Crippen LogP contribution in [0.1, 0.15) is 34.5 Å². The van der Waals surface area contributed by atoms with Gasteiger partial charge < -0.3 is 5.11 Å². The Morgan fingerprint density at radius 2 is 1.84 bits per heavy atom. The summed E-state index contributed by atoms with van der Waals surface area (Å²) < 4.78 is 3.45. The van der Waals surface area contributed by atoms with Gasteiger partial charge in [0.2, 0.25) is 0 Å². The van der Waals surface area contributed by atoms with Crippen LogP contribution in [0.15, 0.2) is 30.3 Å². The lowest BCUT2D eigenvalue weighted by Gasteiger charge is -2.06. The lowest BCUT2D eigenvalue weighted by molar-refractivity contribution is 0.101. The van der Waals surface area contributed by atoms with Crippen molar-refractivity contribution in [3.63, 3.8) is 0 Å². The molecule has 3 rings (SSSR count). The largest absolute Gasteiger partial charge is 0.394 e. The van der Waals surface area contributed by atoms with Crippen LogP contribution in [0.25, 0.3) is 11.4 Å². The number of aliphatic hydroxyl groups excluding tert-OH is 1. The number of Topliss-reactive ketones (excluding diaryl/α,β-unsaturated/α-hetero) is 1. The van der Waals surface area contributed by atoms with Gasteiger partial charge in [0.05, 0.1) is 24.4 Å². The Balaban J connectivity index is 1.98. The molecule has 2 heterocycles. The van der Waals surface area contributed by atoms with Crippen molar-refractivity contribution < 1.29 is 9.90 Å². The first kappa shape index (κ1) is 17.0. The fraction of sp³-hybridized carbons (Fsp3) is 0.333. The summed E-state index contributed by atoms with van der Waals surface area (Å²) in [5.74, 6) is 1.30. The molecule has 0 aliphatic rings. The van der Waals surface area contributed by atoms with Crippen molar-refractivity contribution >= 4 is 5.78 Å². The molecular weight excluding hydrogens is 318 g/mol. The summed E-state index contributed by atoms with van der Waals surface area (Å²) in [6.07, 6.45) is 0. The molecule has 0 bridgehead atoms. The molecule has 7 heteroatoms. The Bertz CT molecular complexity index is 896.